The average Bonchev–Trinajstić information content (AvgIpc) is 3.65. The van der Waals surface area contributed by atoms with Gasteiger partial charge in [-0.05, 0) is 55.1 Å². The summed E-state index contributed by atoms with van der Waals surface area (Å²) in [7, 11) is 0. The van der Waals surface area contributed by atoms with Crippen LogP contribution in [0.1, 0.15) is 63.0 Å². The van der Waals surface area contributed by atoms with E-state index in [2.05, 4.69) is 28.1 Å². The van der Waals surface area contributed by atoms with Crippen molar-refractivity contribution >= 4 is 23.9 Å². The van der Waals surface area contributed by atoms with Crippen LogP contribution in [0.25, 0.3) is 0 Å². The van der Waals surface area contributed by atoms with Gasteiger partial charge in [-0.15, -0.1) is 0 Å². The molecule has 0 aromatic heterocycles. The number of amides is 3. The van der Waals surface area contributed by atoms with Crippen LogP contribution in [-0.2, 0) is 30.5 Å². The monoisotopic (exact) mass is 563 g/mol. The maximum absolute atomic E-state index is 13.4. The molecule has 3 unspecified atom stereocenters. The number of nitrogens with one attached hydrogen (secondary N) is 3. The number of ether oxygens (including phenoxy) is 2. The van der Waals surface area contributed by atoms with Crippen molar-refractivity contribution < 1.29 is 28.7 Å². The second kappa shape index (κ2) is 14.7. The second-order valence-electron chi connectivity index (χ2n) is 11.4. The van der Waals surface area contributed by atoms with E-state index in [0.29, 0.717) is 37.6 Å². The van der Waals surface area contributed by atoms with Gasteiger partial charge in [-0.1, -0.05) is 74.5 Å². The molecule has 0 radical (unpaired) electrons. The van der Waals surface area contributed by atoms with Crippen molar-refractivity contribution in [2.45, 2.75) is 70.6 Å². The first-order chi connectivity index (χ1) is 19.8. The smallest absolute Gasteiger partial charge is 0.407 e. The van der Waals surface area contributed by atoms with Crippen LogP contribution in [0, 0.1) is 17.8 Å². The number of alkyl carbamates (subject to hydrolysis) is 1. The molecule has 1 heterocycles. The molecule has 1 aliphatic heterocycles. The average molecular weight is 564 g/mol. The molecule has 5 atom stereocenters. The van der Waals surface area contributed by atoms with Crippen LogP contribution in [0.5, 0.6) is 0 Å². The van der Waals surface area contributed by atoms with Crippen molar-refractivity contribution in [2.24, 2.45) is 17.8 Å². The van der Waals surface area contributed by atoms with Gasteiger partial charge < -0.3 is 25.4 Å². The summed E-state index contributed by atoms with van der Waals surface area (Å²) in [4.78, 5) is 51.5. The molecule has 2 aromatic carbocycles. The van der Waals surface area contributed by atoms with Crippen molar-refractivity contribution in [3.05, 3.63) is 71.8 Å². The molecule has 220 valence electrons. The van der Waals surface area contributed by atoms with Crippen molar-refractivity contribution in [3.63, 3.8) is 0 Å². The van der Waals surface area contributed by atoms with Crippen molar-refractivity contribution in [1.29, 1.82) is 0 Å². The van der Waals surface area contributed by atoms with Crippen LogP contribution in [0.15, 0.2) is 60.7 Å². The Labute approximate surface area is 241 Å². The number of esters is 1. The fourth-order valence-electron chi connectivity index (χ4n) is 5.15. The summed E-state index contributed by atoms with van der Waals surface area (Å²) >= 11 is 0. The topological polar surface area (TPSA) is 123 Å². The maximum Gasteiger partial charge on any atom is 0.407 e. The standard InChI is InChI=1S/C32H41N3O6/c1-21(2)13-14-27(35-32(39)41-20-25-17-26(25)23-11-7-4-8-12-23)30(37)34-28(18-24-15-16-33-29(24)36)31(38)40-19-22-9-5-3-6-10-22/h3-12,21,24-28H,13-20H2,1-2H3,(H,33,36)(H,34,37)(H,35,39)/t24?,25?,26?,27-,28-/m0/s1. The van der Waals surface area contributed by atoms with Gasteiger partial charge in [-0.2, -0.15) is 0 Å². The Kier molecular flexibility index (Phi) is 10.8. The van der Waals surface area contributed by atoms with E-state index < -0.39 is 36.0 Å². The summed E-state index contributed by atoms with van der Waals surface area (Å²) in [5.74, 6) is -0.745. The third-order valence-corrected chi connectivity index (χ3v) is 7.73. The summed E-state index contributed by atoms with van der Waals surface area (Å²) < 4.78 is 11.0. The van der Waals surface area contributed by atoms with Gasteiger partial charge in [0.05, 0.1) is 6.61 Å². The minimum atomic E-state index is -1.03. The predicted octanol–water partition coefficient (Wildman–Crippen LogP) is 4.08. The Balaban J connectivity index is 1.35. The number of benzene rings is 2. The largest absolute Gasteiger partial charge is 0.459 e. The van der Waals surface area contributed by atoms with E-state index in [1.807, 2.05) is 62.4 Å². The van der Waals surface area contributed by atoms with Gasteiger partial charge in [0, 0.05) is 18.4 Å². The van der Waals surface area contributed by atoms with E-state index in [0.717, 1.165) is 12.0 Å². The molecule has 2 aliphatic rings. The molecule has 1 saturated carbocycles. The normalized spacial score (nSPS) is 21.0. The first-order valence-electron chi connectivity index (χ1n) is 14.6. The third-order valence-electron chi connectivity index (χ3n) is 7.73. The highest BCUT2D eigenvalue weighted by Crippen LogP contribution is 2.47. The summed E-state index contributed by atoms with van der Waals surface area (Å²) in [5, 5.41) is 8.25. The van der Waals surface area contributed by atoms with Crippen LogP contribution >= 0.6 is 0 Å². The summed E-state index contributed by atoms with van der Waals surface area (Å²) in [6.45, 7) is 4.92. The van der Waals surface area contributed by atoms with Crippen LogP contribution in [-0.4, -0.2) is 49.1 Å². The number of carbonyl (C=O) groups excluding carboxylic acids is 4. The molecular weight excluding hydrogens is 522 g/mol. The van der Waals surface area contributed by atoms with Gasteiger partial charge in [0.25, 0.3) is 0 Å². The van der Waals surface area contributed by atoms with Gasteiger partial charge >= 0.3 is 12.1 Å². The molecule has 2 aromatic rings. The Morgan fingerprint density at radius 1 is 0.927 bits per heavy atom. The van der Waals surface area contributed by atoms with Crippen molar-refractivity contribution in [2.75, 3.05) is 13.2 Å². The summed E-state index contributed by atoms with van der Waals surface area (Å²) in [6.07, 6.45) is 2.05. The van der Waals surface area contributed by atoms with Gasteiger partial charge in [-0.3, -0.25) is 9.59 Å². The maximum atomic E-state index is 13.4. The Hall–Kier alpha value is -3.88. The number of rotatable bonds is 14. The van der Waals surface area contributed by atoms with E-state index in [4.69, 9.17) is 9.47 Å². The van der Waals surface area contributed by atoms with Gasteiger partial charge in [0.2, 0.25) is 11.8 Å². The highest BCUT2D eigenvalue weighted by molar-refractivity contribution is 5.90. The van der Waals surface area contributed by atoms with E-state index >= 15 is 0 Å². The molecule has 0 spiro atoms. The molecule has 3 amide bonds. The van der Waals surface area contributed by atoms with Crippen molar-refractivity contribution in [3.8, 4) is 0 Å². The molecule has 41 heavy (non-hydrogen) atoms. The van der Waals surface area contributed by atoms with Crippen molar-refractivity contribution in [1.82, 2.24) is 16.0 Å². The predicted molar refractivity (Wildman–Crippen MR) is 154 cm³/mol. The molecule has 4 rings (SSSR count). The molecule has 1 aliphatic carbocycles. The van der Waals surface area contributed by atoms with E-state index in [9.17, 15) is 19.2 Å². The Morgan fingerprint density at radius 2 is 1.63 bits per heavy atom. The van der Waals surface area contributed by atoms with E-state index in [1.54, 1.807) is 0 Å². The molecule has 0 bridgehead atoms. The zero-order valence-electron chi connectivity index (χ0n) is 23.8. The van der Waals surface area contributed by atoms with Crippen LogP contribution in [0.3, 0.4) is 0 Å². The van der Waals surface area contributed by atoms with E-state index in [1.165, 1.54) is 5.56 Å². The van der Waals surface area contributed by atoms with Crippen LogP contribution in [0.2, 0.25) is 0 Å². The Bertz CT molecular complexity index is 1170. The summed E-state index contributed by atoms with van der Waals surface area (Å²) in [5.41, 5.74) is 2.05. The first-order valence-corrected chi connectivity index (χ1v) is 14.6. The highest BCUT2D eigenvalue weighted by Gasteiger charge is 2.39. The fourth-order valence-corrected chi connectivity index (χ4v) is 5.15. The van der Waals surface area contributed by atoms with Gasteiger partial charge in [0.15, 0.2) is 0 Å². The number of hydrogen-bond donors (Lipinski definition) is 3. The highest BCUT2D eigenvalue weighted by atomic mass is 16.5. The SMILES string of the molecule is CC(C)CC[C@H](NC(=O)OCC1CC1c1ccccc1)C(=O)N[C@@H](CC1CCNC1=O)C(=O)OCc1ccccc1. The number of carbonyl (C=O) groups is 4. The van der Waals surface area contributed by atoms with Crippen LogP contribution < -0.4 is 16.0 Å². The molecule has 9 heteroatoms. The lowest BCUT2D eigenvalue weighted by molar-refractivity contribution is -0.150. The molecule has 2 fully saturated rings. The first kappa shape index (κ1) is 30.1. The zero-order chi connectivity index (χ0) is 29.2. The third kappa shape index (κ3) is 9.33. The quantitative estimate of drug-likeness (QED) is 0.298. The zero-order valence-corrected chi connectivity index (χ0v) is 23.8. The van der Waals surface area contributed by atoms with Gasteiger partial charge in [0.1, 0.15) is 18.7 Å². The molecule has 1 saturated heterocycles. The van der Waals surface area contributed by atoms with Gasteiger partial charge in [-0.25, -0.2) is 9.59 Å². The summed E-state index contributed by atoms with van der Waals surface area (Å²) in [6, 6.07) is 17.5. The minimum absolute atomic E-state index is 0.0510. The van der Waals surface area contributed by atoms with Crippen LogP contribution in [0.4, 0.5) is 4.79 Å². The lowest BCUT2D eigenvalue weighted by Crippen LogP contribution is -2.52. The molecule has 9 nitrogen and oxygen atoms in total. The Morgan fingerprint density at radius 3 is 2.29 bits per heavy atom. The fraction of sp³-hybridized carbons (Fsp3) is 0.500. The minimum Gasteiger partial charge on any atom is -0.459 e. The molecule has 3 N–H and O–H groups in total. The molecular formula is C32H41N3O6. The lowest BCUT2D eigenvalue weighted by Gasteiger charge is -2.24. The van der Waals surface area contributed by atoms with E-state index in [-0.39, 0.29) is 31.5 Å². The lowest BCUT2D eigenvalue weighted by atomic mass is 9.97. The second-order valence-corrected chi connectivity index (χ2v) is 11.4. The number of hydrogen-bond acceptors (Lipinski definition) is 6.